The maximum atomic E-state index is 4.69. The molecule has 2 aromatic heterocycles. The van der Waals surface area contributed by atoms with Crippen molar-refractivity contribution >= 4 is 29.9 Å². The lowest BCUT2D eigenvalue weighted by Crippen LogP contribution is -2.48. The smallest absolute Gasteiger partial charge is 0.192 e. The Morgan fingerprint density at radius 3 is 2.72 bits per heavy atom. The van der Waals surface area contributed by atoms with Gasteiger partial charge in [-0.1, -0.05) is 12.1 Å². The molecule has 0 amide bonds. The summed E-state index contributed by atoms with van der Waals surface area (Å²) in [6, 6.07) is 6.49. The number of hydrogen-bond donors (Lipinski definition) is 2. The van der Waals surface area contributed by atoms with Crippen molar-refractivity contribution in [2.45, 2.75) is 38.9 Å². The number of aliphatic imine (C=N–C) groups is 1. The minimum atomic E-state index is 0. The number of pyridine rings is 1. The van der Waals surface area contributed by atoms with E-state index in [0.717, 1.165) is 55.8 Å². The first-order valence-corrected chi connectivity index (χ1v) is 9.78. The maximum Gasteiger partial charge on any atom is 0.192 e. The number of aryl methyl sites for hydroxylation is 1. The molecule has 0 unspecified atom stereocenters. The summed E-state index contributed by atoms with van der Waals surface area (Å²) >= 11 is 0. The predicted molar refractivity (Wildman–Crippen MR) is 126 cm³/mol. The van der Waals surface area contributed by atoms with Crippen LogP contribution in [0.2, 0.25) is 0 Å². The van der Waals surface area contributed by atoms with Crippen LogP contribution in [-0.4, -0.2) is 56.3 Å². The SMILES string of the molecule is C=CCNC(=NCc1nnc(C)n1C)NC1CCN(Cc2ccccn2)CC1.I. The van der Waals surface area contributed by atoms with E-state index in [1.54, 1.807) is 0 Å². The van der Waals surface area contributed by atoms with E-state index >= 15 is 0 Å². The zero-order valence-corrected chi connectivity index (χ0v) is 19.5. The highest BCUT2D eigenvalue weighted by molar-refractivity contribution is 14.0. The molecule has 1 fully saturated rings. The van der Waals surface area contributed by atoms with Gasteiger partial charge in [-0.2, -0.15) is 0 Å². The monoisotopic (exact) mass is 510 g/mol. The summed E-state index contributed by atoms with van der Waals surface area (Å²) in [6.45, 7) is 9.88. The van der Waals surface area contributed by atoms with Crippen LogP contribution in [0.15, 0.2) is 42.0 Å². The van der Waals surface area contributed by atoms with E-state index in [4.69, 9.17) is 0 Å². The second kappa shape index (κ2) is 11.9. The molecule has 1 aliphatic heterocycles. The summed E-state index contributed by atoms with van der Waals surface area (Å²) in [6.07, 6.45) is 5.84. The fourth-order valence-electron chi connectivity index (χ4n) is 3.21. The molecule has 8 nitrogen and oxygen atoms in total. The van der Waals surface area contributed by atoms with E-state index in [1.165, 1.54) is 0 Å². The highest BCUT2D eigenvalue weighted by atomic mass is 127. The van der Waals surface area contributed by atoms with Gasteiger partial charge in [0, 0.05) is 45.5 Å². The van der Waals surface area contributed by atoms with Crippen LogP contribution in [0.3, 0.4) is 0 Å². The Labute approximate surface area is 189 Å². The Kier molecular flexibility index (Phi) is 9.52. The van der Waals surface area contributed by atoms with Gasteiger partial charge in [0.05, 0.1) is 5.69 Å². The average Bonchev–Trinajstić information content (AvgIpc) is 3.04. The fraction of sp³-hybridized carbons (Fsp3) is 0.500. The third-order valence-corrected chi connectivity index (χ3v) is 5.02. The zero-order valence-electron chi connectivity index (χ0n) is 17.2. The Balaban J connectivity index is 0.00000300. The summed E-state index contributed by atoms with van der Waals surface area (Å²) in [5.74, 6) is 2.53. The van der Waals surface area contributed by atoms with Crippen LogP contribution in [0.1, 0.15) is 30.2 Å². The number of likely N-dealkylation sites (tertiary alicyclic amines) is 1. The lowest BCUT2D eigenvalue weighted by Gasteiger charge is -2.32. The van der Waals surface area contributed by atoms with E-state index in [-0.39, 0.29) is 24.0 Å². The molecule has 2 N–H and O–H groups in total. The van der Waals surface area contributed by atoms with Crippen molar-refractivity contribution in [3.8, 4) is 0 Å². The van der Waals surface area contributed by atoms with Crippen molar-refractivity contribution in [3.05, 3.63) is 54.4 Å². The second-order valence-electron chi connectivity index (χ2n) is 7.07. The number of hydrogen-bond acceptors (Lipinski definition) is 5. The first-order chi connectivity index (χ1) is 13.7. The van der Waals surface area contributed by atoms with Crippen molar-refractivity contribution in [3.63, 3.8) is 0 Å². The summed E-state index contributed by atoms with van der Waals surface area (Å²) in [4.78, 5) is 11.6. The second-order valence-corrected chi connectivity index (χ2v) is 7.07. The number of guanidine groups is 1. The number of halogens is 1. The molecule has 3 heterocycles. The third kappa shape index (κ3) is 7.07. The molecule has 1 saturated heterocycles. The molecule has 2 aromatic rings. The standard InChI is InChI=1S/C20H30N8.HI/c1-4-10-22-20(23-14-19-26-25-16(2)27(19)3)24-17-8-12-28(13-9-17)15-18-7-5-6-11-21-18;/h4-7,11,17H,1,8-10,12-15H2,2-3H3,(H2,22,23,24);1H. The molecule has 0 saturated carbocycles. The van der Waals surface area contributed by atoms with E-state index < -0.39 is 0 Å². The summed E-state index contributed by atoms with van der Waals surface area (Å²) in [5, 5.41) is 15.1. The van der Waals surface area contributed by atoms with E-state index in [0.29, 0.717) is 19.1 Å². The van der Waals surface area contributed by atoms with Crippen molar-refractivity contribution in [1.29, 1.82) is 0 Å². The van der Waals surface area contributed by atoms with Gasteiger partial charge in [-0.05, 0) is 31.9 Å². The molecule has 0 radical (unpaired) electrons. The maximum absolute atomic E-state index is 4.69. The highest BCUT2D eigenvalue weighted by Crippen LogP contribution is 2.13. The number of rotatable bonds is 7. The van der Waals surface area contributed by atoms with Crippen LogP contribution in [-0.2, 0) is 20.1 Å². The molecule has 0 atom stereocenters. The van der Waals surface area contributed by atoms with E-state index in [9.17, 15) is 0 Å². The first-order valence-electron chi connectivity index (χ1n) is 9.78. The summed E-state index contributed by atoms with van der Waals surface area (Å²) < 4.78 is 1.96. The lowest BCUT2D eigenvalue weighted by molar-refractivity contribution is 0.196. The van der Waals surface area contributed by atoms with Gasteiger partial charge in [0.25, 0.3) is 0 Å². The van der Waals surface area contributed by atoms with Gasteiger partial charge in [0.1, 0.15) is 12.4 Å². The normalized spacial score (nSPS) is 15.6. The molecule has 0 spiro atoms. The quantitative estimate of drug-likeness (QED) is 0.257. The Morgan fingerprint density at radius 1 is 1.31 bits per heavy atom. The molecule has 0 bridgehead atoms. The van der Waals surface area contributed by atoms with Crippen LogP contribution in [0.4, 0.5) is 0 Å². The van der Waals surface area contributed by atoms with Gasteiger partial charge in [-0.3, -0.25) is 9.88 Å². The van der Waals surface area contributed by atoms with Crippen LogP contribution >= 0.6 is 24.0 Å². The number of aromatic nitrogens is 4. The van der Waals surface area contributed by atoms with Crippen LogP contribution in [0.5, 0.6) is 0 Å². The van der Waals surface area contributed by atoms with Crippen LogP contribution in [0.25, 0.3) is 0 Å². The van der Waals surface area contributed by atoms with Crippen molar-refractivity contribution < 1.29 is 0 Å². The molecule has 29 heavy (non-hydrogen) atoms. The molecule has 0 aromatic carbocycles. The van der Waals surface area contributed by atoms with Gasteiger partial charge in [0.2, 0.25) is 0 Å². The summed E-state index contributed by atoms with van der Waals surface area (Å²) in [7, 11) is 1.96. The minimum Gasteiger partial charge on any atom is -0.354 e. The number of nitrogens with one attached hydrogen (secondary N) is 2. The van der Waals surface area contributed by atoms with Gasteiger partial charge in [-0.25, -0.2) is 4.99 Å². The minimum absolute atomic E-state index is 0. The fourth-order valence-corrected chi connectivity index (χ4v) is 3.21. The van der Waals surface area contributed by atoms with Gasteiger partial charge in [-0.15, -0.1) is 40.8 Å². The first kappa shape index (κ1) is 23.3. The predicted octanol–water partition coefficient (Wildman–Crippen LogP) is 2.02. The van der Waals surface area contributed by atoms with Gasteiger partial charge in [0.15, 0.2) is 11.8 Å². The molecular weight excluding hydrogens is 479 g/mol. The van der Waals surface area contributed by atoms with Crippen molar-refractivity contribution in [2.24, 2.45) is 12.0 Å². The highest BCUT2D eigenvalue weighted by Gasteiger charge is 2.20. The van der Waals surface area contributed by atoms with E-state index in [2.05, 4.69) is 48.4 Å². The molecule has 1 aliphatic rings. The Hall–Kier alpha value is -2.01. The van der Waals surface area contributed by atoms with Crippen molar-refractivity contribution in [1.82, 2.24) is 35.3 Å². The summed E-state index contributed by atoms with van der Waals surface area (Å²) in [5.41, 5.74) is 1.13. The molecule has 0 aliphatic carbocycles. The third-order valence-electron chi connectivity index (χ3n) is 5.02. The van der Waals surface area contributed by atoms with Crippen molar-refractivity contribution in [2.75, 3.05) is 19.6 Å². The van der Waals surface area contributed by atoms with Gasteiger partial charge >= 0.3 is 0 Å². The lowest BCUT2D eigenvalue weighted by atomic mass is 10.0. The Morgan fingerprint density at radius 2 is 2.10 bits per heavy atom. The molecule has 9 heteroatoms. The zero-order chi connectivity index (χ0) is 19.8. The van der Waals surface area contributed by atoms with Crippen LogP contribution < -0.4 is 10.6 Å². The van der Waals surface area contributed by atoms with Crippen LogP contribution in [0, 0.1) is 6.92 Å². The topological polar surface area (TPSA) is 83.3 Å². The molecule has 158 valence electrons. The molecule has 3 rings (SSSR count). The average molecular weight is 510 g/mol. The molecular formula is C20H31IN8. The largest absolute Gasteiger partial charge is 0.354 e. The number of piperidine rings is 1. The van der Waals surface area contributed by atoms with Gasteiger partial charge < -0.3 is 15.2 Å². The van der Waals surface area contributed by atoms with E-state index in [1.807, 2.05) is 42.9 Å². The Bertz CT molecular complexity index is 781. The number of nitrogens with zero attached hydrogens (tertiary/aromatic N) is 6.